The Labute approximate surface area is 124 Å². The lowest BCUT2D eigenvalue weighted by molar-refractivity contribution is 1.11. The summed E-state index contributed by atoms with van der Waals surface area (Å²) in [4.78, 5) is 4.90. The van der Waals surface area contributed by atoms with Gasteiger partial charge in [-0.2, -0.15) is 0 Å². The van der Waals surface area contributed by atoms with E-state index in [0.717, 1.165) is 11.4 Å². The van der Waals surface area contributed by atoms with Crippen LogP contribution >= 0.6 is 0 Å². The van der Waals surface area contributed by atoms with E-state index in [1.807, 2.05) is 6.07 Å². The van der Waals surface area contributed by atoms with Crippen molar-refractivity contribution in [1.29, 1.82) is 0 Å². The van der Waals surface area contributed by atoms with Crippen LogP contribution in [0.4, 0.5) is 5.69 Å². The molecule has 100 valence electrons. The fourth-order valence-corrected chi connectivity index (χ4v) is 3.00. The van der Waals surface area contributed by atoms with Gasteiger partial charge in [-0.15, -0.1) is 0 Å². The molecule has 0 radical (unpaired) electrons. The highest BCUT2D eigenvalue weighted by atomic mass is 14.8. The minimum Gasteiger partial charge on any atom is -0.252 e. The standard InChI is InChI=1S/C20H15N/c1-3-9-15(10-4-1)19-17-13-7-8-14-18(17)21-20(19)16-11-5-2-6-12-16/h1-14,19H. The van der Waals surface area contributed by atoms with Gasteiger partial charge in [0.2, 0.25) is 0 Å². The second-order valence-corrected chi connectivity index (χ2v) is 5.27. The number of rotatable bonds is 2. The number of nitrogens with zero attached hydrogens (tertiary/aromatic N) is 1. The molecule has 4 rings (SSSR count). The number of hydrogen-bond donors (Lipinski definition) is 0. The van der Waals surface area contributed by atoms with E-state index in [1.165, 1.54) is 16.7 Å². The first kappa shape index (κ1) is 12.1. The molecule has 0 saturated heterocycles. The minimum atomic E-state index is 0.227. The van der Waals surface area contributed by atoms with Gasteiger partial charge < -0.3 is 0 Å². The molecule has 0 amide bonds. The highest BCUT2D eigenvalue weighted by Crippen LogP contribution is 2.41. The van der Waals surface area contributed by atoms with Crippen LogP contribution in [0.15, 0.2) is 89.9 Å². The summed E-state index contributed by atoms with van der Waals surface area (Å²) >= 11 is 0. The van der Waals surface area contributed by atoms with Crippen molar-refractivity contribution >= 4 is 11.4 Å². The Morgan fingerprint density at radius 1 is 0.619 bits per heavy atom. The predicted octanol–water partition coefficient (Wildman–Crippen LogP) is 4.95. The van der Waals surface area contributed by atoms with Gasteiger partial charge in [0.15, 0.2) is 0 Å². The lowest BCUT2D eigenvalue weighted by Gasteiger charge is -2.15. The summed E-state index contributed by atoms with van der Waals surface area (Å²) < 4.78 is 0. The number of para-hydroxylation sites is 1. The molecule has 1 atom stereocenters. The van der Waals surface area contributed by atoms with E-state index in [0.29, 0.717) is 0 Å². The average molecular weight is 269 g/mol. The highest BCUT2D eigenvalue weighted by Gasteiger charge is 2.28. The van der Waals surface area contributed by atoms with Crippen LogP contribution < -0.4 is 0 Å². The summed E-state index contributed by atoms with van der Waals surface area (Å²) in [5, 5.41) is 0. The van der Waals surface area contributed by atoms with E-state index in [-0.39, 0.29) is 5.92 Å². The molecule has 1 unspecified atom stereocenters. The van der Waals surface area contributed by atoms with Crippen molar-refractivity contribution in [3.05, 3.63) is 102 Å². The van der Waals surface area contributed by atoms with Crippen molar-refractivity contribution in [1.82, 2.24) is 0 Å². The number of hydrogen-bond acceptors (Lipinski definition) is 1. The molecule has 0 saturated carbocycles. The largest absolute Gasteiger partial charge is 0.252 e. The van der Waals surface area contributed by atoms with E-state index < -0.39 is 0 Å². The first-order valence-electron chi connectivity index (χ1n) is 7.21. The van der Waals surface area contributed by atoms with Gasteiger partial charge in [-0.05, 0) is 22.8 Å². The number of fused-ring (bicyclic) bond motifs is 1. The second-order valence-electron chi connectivity index (χ2n) is 5.27. The third-order valence-corrected chi connectivity index (χ3v) is 3.96. The molecule has 0 N–H and O–H groups in total. The Hall–Kier alpha value is -2.67. The summed E-state index contributed by atoms with van der Waals surface area (Å²) in [7, 11) is 0. The summed E-state index contributed by atoms with van der Waals surface area (Å²) in [5.41, 5.74) is 6.02. The first-order chi connectivity index (χ1) is 10.4. The van der Waals surface area contributed by atoms with Crippen LogP contribution in [0.1, 0.15) is 22.6 Å². The van der Waals surface area contributed by atoms with Gasteiger partial charge in [0.05, 0.1) is 17.3 Å². The summed E-state index contributed by atoms with van der Waals surface area (Å²) in [5.74, 6) is 0.227. The van der Waals surface area contributed by atoms with Crippen LogP contribution in [-0.2, 0) is 0 Å². The zero-order chi connectivity index (χ0) is 14.1. The van der Waals surface area contributed by atoms with Gasteiger partial charge in [0.25, 0.3) is 0 Å². The molecule has 0 fully saturated rings. The molecule has 1 heteroatoms. The normalized spacial score (nSPS) is 16.4. The SMILES string of the molecule is c1ccc(C2=Nc3ccccc3C2c2ccccc2)cc1. The molecule has 0 aliphatic carbocycles. The molecule has 0 spiro atoms. The first-order valence-corrected chi connectivity index (χ1v) is 7.21. The van der Waals surface area contributed by atoms with Crippen molar-refractivity contribution < 1.29 is 0 Å². The van der Waals surface area contributed by atoms with E-state index in [1.54, 1.807) is 0 Å². The molecule has 1 heterocycles. The van der Waals surface area contributed by atoms with Crippen LogP contribution in [-0.4, -0.2) is 5.71 Å². The van der Waals surface area contributed by atoms with Gasteiger partial charge in [0.1, 0.15) is 0 Å². The Bertz CT molecular complexity index is 788. The Morgan fingerprint density at radius 3 is 2.00 bits per heavy atom. The van der Waals surface area contributed by atoms with Crippen LogP contribution in [0.2, 0.25) is 0 Å². The smallest absolute Gasteiger partial charge is 0.0675 e. The lowest BCUT2D eigenvalue weighted by atomic mass is 9.86. The highest BCUT2D eigenvalue weighted by molar-refractivity contribution is 6.11. The topological polar surface area (TPSA) is 12.4 Å². The Morgan fingerprint density at radius 2 is 1.24 bits per heavy atom. The monoisotopic (exact) mass is 269 g/mol. The molecule has 1 aliphatic heterocycles. The van der Waals surface area contributed by atoms with Crippen molar-refractivity contribution in [2.75, 3.05) is 0 Å². The summed E-state index contributed by atoms with van der Waals surface area (Å²) in [6.07, 6.45) is 0. The quantitative estimate of drug-likeness (QED) is 0.624. The van der Waals surface area contributed by atoms with Crippen molar-refractivity contribution in [3.8, 4) is 0 Å². The van der Waals surface area contributed by atoms with Gasteiger partial charge in [-0.1, -0.05) is 78.9 Å². The van der Waals surface area contributed by atoms with Gasteiger partial charge >= 0.3 is 0 Å². The zero-order valence-corrected chi connectivity index (χ0v) is 11.6. The Kier molecular flexibility index (Phi) is 2.89. The van der Waals surface area contributed by atoms with Crippen LogP contribution in [0.3, 0.4) is 0 Å². The van der Waals surface area contributed by atoms with Crippen molar-refractivity contribution in [2.24, 2.45) is 4.99 Å². The second kappa shape index (κ2) is 5.02. The Balaban J connectivity index is 1.90. The molecular weight excluding hydrogens is 254 g/mol. The zero-order valence-electron chi connectivity index (χ0n) is 11.6. The van der Waals surface area contributed by atoms with Crippen molar-refractivity contribution in [2.45, 2.75) is 5.92 Å². The fraction of sp³-hybridized carbons (Fsp3) is 0.0500. The summed E-state index contributed by atoms with van der Waals surface area (Å²) in [6, 6.07) is 29.5. The summed E-state index contributed by atoms with van der Waals surface area (Å²) in [6.45, 7) is 0. The van der Waals surface area contributed by atoms with Crippen LogP contribution in [0, 0.1) is 0 Å². The maximum atomic E-state index is 4.90. The maximum Gasteiger partial charge on any atom is 0.0675 e. The molecule has 3 aromatic rings. The molecular formula is C20H15N. The van der Waals surface area contributed by atoms with Crippen LogP contribution in [0.25, 0.3) is 0 Å². The molecule has 3 aromatic carbocycles. The molecule has 0 bridgehead atoms. The van der Waals surface area contributed by atoms with E-state index >= 15 is 0 Å². The van der Waals surface area contributed by atoms with Crippen molar-refractivity contribution in [3.63, 3.8) is 0 Å². The number of benzene rings is 3. The van der Waals surface area contributed by atoms with E-state index in [9.17, 15) is 0 Å². The van der Waals surface area contributed by atoms with E-state index in [2.05, 4.69) is 78.9 Å². The number of aliphatic imine (C=N–C) groups is 1. The molecule has 21 heavy (non-hydrogen) atoms. The van der Waals surface area contributed by atoms with Gasteiger partial charge in [0, 0.05) is 0 Å². The van der Waals surface area contributed by atoms with E-state index in [4.69, 9.17) is 4.99 Å². The molecule has 1 nitrogen and oxygen atoms in total. The predicted molar refractivity (Wildman–Crippen MR) is 87.4 cm³/mol. The lowest BCUT2D eigenvalue weighted by Crippen LogP contribution is -2.11. The maximum absolute atomic E-state index is 4.90. The third-order valence-electron chi connectivity index (χ3n) is 3.96. The molecule has 0 aromatic heterocycles. The molecule has 1 aliphatic rings. The average Bonchev–Trinajstić information content (AvgIpc) is 2.96. The van der Waals surface area contributed by atoms with Crippen LogP contribution in [0.5, 0.6) is 0 Å². The third kappa shape index (κ3) is 2.07. The van der Waals surface area contributed by atoms with Gasteiger partial charge in [-0.3, -0.25) is 4.99 Å². The van der Waals surface area contributed by atoms with Gasteiger partial charge in [-0.25, -0.2) is 0 Å². The minimum absolute atomic E-state index is 0.227. The fourth-order valence-electron chi connectivity index (χ4n) is 3.00.